The SMILES string of the molecule is CN1CCN(C(CO)c2ccc(F)cc2F)CC1. The molecule has 1 N–H and O–H groups in total. The Morgan fingerprint density at radius 3 is 2.44 bits per heavy atom. The third-order valence-corrected chi connectivity index (χ3v) is 3.47. The van der Waals surface area contributed by atoms with E-state index in [4.69, 9.17) is 0 Å². The fraction of sp³-hybridized carbons (Fsp3) is 0.538. The van der Waals surface area contributed by atoms with Crippen LogP contribution in [-0.2, 0) is 0 Å². The fourth-order valence-electron chi connectivity index (χ4n) is 2.32. The molecule has 3 nitrogen and oxygen atoms in total. The van der Waals surface area contributed by atoms with Crippen LogP contribution >= 0.6 is 0 Å². The number of piperazine rings is 1. The number of hydrogen-bond acceptors (Lipinski definition) is 3. The van der Waals surface area contributed by atoms with E-state index in [1.807, 2.05) is 11.9 Å². The predicted octanol–water partition coefficient (Wildman–Crippen LogP) is 1.25. The van der Waals surface area contributed by atoms with Gasteiger partial charge in [0.05, 0.1) is 12.6 Å². The molecule has 1 aromatic carbocycles. The van der Waals surface area contributed by atoms with Crippen LogP contribution in [0.1, 0.15) is 11.6 Å². The van der Waals surface area contributed by atoms with Crippen molar-refractivity contribution in [3.8, 4) is 0 Å². The number of likely N-dealkylation sites (N-methyl/N-ethyl adjacent to an activating group) is 1. The zero-order valence-corrected chi connectivity index (χ0v) is 10.4. The standard InChI is InChI=1S/C13H18F2N2O/c1-16-4-6-17(7-5-16)13(9-18)11-3-2-10(14)8-12(11)15/h2-3,8,13,18H,4-7,9H2,1H3. The normalized spacial score (nSPS) is 20.0. The van der Waals surface area contributed by atoms with E-state index in [0.29, 0.717) is 5.56 Å². The smallest absolute Gasteiger partial charge is 0.130 e. The van der Waals surface area contributed by atoms with Crippen molar-refractivity contribution >= 4 is 0 Å². The summed E-state index contributed by atoms with van der Waals surface area (Å²) in [6.07, 6.45) is 0. The van der Waals surface area contributed by atoms with Crippen LogP contribution in [-0.4, -0.2) is 54.7 Å². The molecule has 0 saturated carbocycles. The highest BCUT2D eigenvalue weighted by Gasteiger charge is 2.25. The van der Waals surface area contributed by atoms with Crippen LogP contribution in [0.5, 0.6) is 0 Å². The van der Waals surface area contributed by atoms with Gasteiger partial charge in [-0.25, -0.2) is 8.78 Å². The second-order valence-electron chi connectivity index (χ2n) is 4.70. The molecule has 1 saturated heterocycles. The van der Waals surface area contributed by atoms with Gasteiger partial charge in [-0.1, -0.05) is 6.07 Å². The van der Waals surface area contributed by atoms with E-state index in [1.165, 1.54) is 12.1 Å². The number of benzene rings is 1. The summed E-state index contributed by atoms with van der Waals surface area (Å²) in [5, 5.41) is 9.48. The number of aliphatic hydroxyl groups excluding tert-OH is 1. The van der Waals surface area contributed by atoms with Crippen molar-refractivity contribution < 1.29 is 13.9 Å². The number of hydrogen-bond donors (Lipinski definition) is 1. The Morgan fingerprint density at radius 2 is 1.89 bits per heavy atom. The van der Waals surface area contributed by atoms with Gasteiger partial charge in [0.25, 0.3) is 0 Å². The van der Waals surface area contributed by atoms with Crippen molar-refractivity contribution in [3.63, 3.8) is 0 Å². The molecule has 0 radical (unpaired) electrons. The molecule has 18 heavy (non-hydrogen) atoms. The molecule has 1 heterocycles. The maximum absolute atomic E-state index is 13.7. The number of rotatable bonds is 3. The van der Waals surface area contributed by atoms with Gasteiger partial charge in [-0.3, -0.25) is 4.90 Å². The third kappa shape index (κ3) is 2.85. The van der Waals surface area contributed by atoms with Gasteiger partial charge in [-0.2, -0.15) is 0 Å². The van der Waals surface area contributed by atoms with E-state index < -0.39 is 11.6 Å². The highest BCUT2D eigenvalue weighted by Crippen LogP contribution is 2.24. The summed E-state index contributed by atoms with van der Waals surface area (Å²) in [7, 11) is 2.03. The largest absolute Gasteiger partial charge is 0.394 e. The van der Waals surface area contributed by atoms with Crippen LogP contribution in [0.15, 0.2) is 18.2 Å². The van der Waals surface area contributed by atoms with E-state index >= 15 is 0 Å². The Balaban J connectivity index is 2.17. The van der Waals surface area contributed by atoms with Gasteiger partial charge in [0.2, 0.25) is 0 Å². The molecule has 0 bridgehead atoms. The van der Waals surface area contributed by atoms with Crippen LogP contribution in [0.3, 0.4) is 0 Å². The molecule has 0 amide bonds. The molecule has 0 aliphatic carbocycles. The molecule has 100 valence electrons. The lowest BCUT2D eigenvalue weighted by Gasteiger charge is -2.37. The molecular weight excluding hydrogens is 238 g/mol. The van der Waals surface area contributed by atoms with Crippen LogP contribution in [0, 0.1) is 11.6 Å². The van der Waals surface area contributed by atoms with Gasteiger partial charge >= 0.3 is 0 Å². The monoisotopic (exact) mass is 256 g/mol. The molecule has 1 aliphatic rings. The second-order valence-corrected chi connectivity index (χ2v) is 4.70. The van der Waals surface area contributed by atoms with E-state index in [-0.39, 0.29) is 12.6 Å². The van der Waals surface area contributed by atoms with E-state index in [9.17, 15) is 13.9 Å². The summed E-state index contributed by atoms with van der Waals surface area (Å²) in [5.74, 6) is -1.18. The molecule has 1 aromatic rings. The number of halogens is 2. The van der Waals surface area contributed by atoms with Crippen molar-refractivity contribution in [1.29, 1.82) is 0 Å². The summed E-state index contributed by atoms with van der Waals surface area (Å²) in [6, 6.07) is 3.13. The Morgan fingerprint density at radius 1 is 1.22 bits per heavy atom. The number of nitrogens with zero attached hydrogens (tertiary/aromatic N) is 2. The van der Waals surface area contributed by atoms with Crippen molar-refractivity contribution in [2.24, 2.45) is 0 Å². The lowest BCUT2D eigenvalue weighted by Crippen LogP contribution is -2.46. The van der Waals surface area contributed by atoms with Gasteiger partial charge in [-0.15, -0.1) is 0 Å². The minimum atomic E-state index is -0.591. The minimum absolute atomic E-state index is 0.160. The molecule has 5 heteroatoms. The molecule has 2 rings (SSSR count). The molecule has 0 aromatic heterocycles. The van der Waals surface area contributed by atoms with Gasteiger partial charge in [0.15, 0.2) is 0 Å². The molecule has 1 fully saturated rings. The third-order valence-electron chi connectivity index (χ3n) is 3.47. The van der Waals surface area contributed by atoms with Crippen LogP contribution < -0.4 is 0 Å². The van der Waals surface area contributed by atoms with Gasteiger partial charge in [-0.05, 0) is 13.1 Å². The highest BCUT2D eigenvalue weighted by molar-refractivity contribution is 5.22. The molecular formula is C13H18F2N2O. The first-order valence-electron chi connectivity index (χ1n) is 6.10. The van der Waals surface area contributed by atoms with Crippen LogP contribution in [0.2, 0.25) is 0 Å². The second kappa shape index (κ2) is 5.73. The molecule has 1 unspecified atom stereocenters. The summed E-state index contributed by atoms with van der Waals surface area (Å²) >= 11 is 0. The van der Waals surface area contributed by atoms with Gasteiger partial charge in [0, 0.05) is 37.8 Å². The maximum Gasteiger partial charge on any atom is 0.130 e. The molecule has 1 atom stereocenters. The predicted molar refractivity (Wildman–Crippen MR) is 65.3 cm³/mol. The first kappa shape index (κ1) is 13.4. The topological polar surface area (TPSA) is 26.7 Å². The summed E-state index contributed by atoms with van der Waals surface area (Å²) in [4.78, 5) is 4.22. The zero-order chi connectivity index (χ0) is 13.1. The van der Waals surface area contributed by atoms with Crippen LogP contribution in [0.4, 0.5) is 8.78 Å². The zero-order valence-electron chi connectivity index (χ0n) is 10.4. The maximum atomic E-state index is 13.7. The highest BCUT2D eigenvalue weighted by atomic mass is 19.1. The lowest BCUT2D eigenvalue weighted by molar-refractivity contribution is 0.0729. The Labute approximate surface area is 106 Å². The Bertz CT molecular complexity index is 406. The van der Waals surface area contributed by atoms with Crippen molar-refractivity contribution in [1.82, 2.24) is 9.80 Å². The lowest BCUT2D eigenvalue weighted by atomic mass is 10.0. The van der Waals surface area contributed by atoms with E-state index in [1.54, 1.807) is 0 Å². The van der Waals surface area contributed by atoms with Crippen LogP contribution in [0.25, 0.3) is 0 Å². The summed E-state index contributed by atoms with van der Waals surface area (Å²) in [6.45, 7) is 3.17. The fourth-order valence-corrected chi connectivity index (χ4v) is 2.32. The van der Waals surface area contributed by atoms with Crippen molar-refractivity contribution in [3.05, 3.63) is 35.4 Å². The first-order chi connectivity index (χ1) is 8.61. The van der Waals surface area contributed by atoms with E-state index in [0.717, 1.165) is 32.2 Å². The quantitative estimate of drug-likeness (QED) is 0.881. The van der Waals surface area contributed by atoms with Crippen molar-refractivity contribution in [2.45, 2.75) is 6.04 Å². The minimum Gasteiger partial charge on any atom is -0.394 e. The average molecular weight is 256 g/mol. The Hall–Kier alpha value is -1.04. The first-order valence-corrected chi connectivity index (χ1v) is 6.10. The summed E-state index contributed by atoms with van der Waals surface area (Å²) in [5.41, 5.74) is 0.364. The molecule has 0 spiro atoms. The Kier molecular flexibility index (Phi) is 4.27. The average Bonchev–Trinajstić information content (AvgIpc) is 2.35. The van der Waals surface area contributed by atoms with Gasteiger partial charge < -0.3 is 10.0 Å². The molecule has 1 aliphatic heterocycles. The summed E-state index contributed by atoms with van der Waals surface area (Å²) < 4.78 is 26.6. The van der Waals surface area contributed by atoms with Gasteiger partial charge in [0.1, 0.15) is 11.6 Å². The van der Waals surface area contributed by atoms with Crippen molar-refractivity contribution in [2.75, 3.05) is 39.8 Å². The number of aliphatic hydroxyl groups is 1. The van der Waals surface area contributed by atoms with E-state index in [2.05, 4.69) is 4.90 Å².